The SMILES string of the molecule is CCCCCCCCCCCCOCCCNC(=O)NNc1nc(SCCOC)ns1.CCCCCCCCCCCCONC(=O)NNc1nc(SOC)ns1.CNC(=O)NNc1nc(SOON2CCOCC2)ns1. The molecule has 0 saturated carbocycles. The van der Waals surface area contributed by atoms with Gasteiger partial charge in [0, 0.05) is 74.3 Å². The molecule has 0 radical (unpaired) electrons. The van der Waals surface area contributed by atoms with Crippen molar-refractivity contribution in [3.8, 4) is 0 Å². The molecule has 1 saturated heterocycles. The van der Waals surface area contributed by atoms with Gasteiger partial charge in [-0.2, -0.15) is 33.1 Å². The summed E-state index contributed by atoms with van der Waals surface area (Å²) >= 11 is 6.87. The van der Waals surface area contributed by atoms with Gasteiger partial charge in [0.15, 0.2) is 0 Å². The normalized spacial score (nSPS) is 12.1. The van der Waals surface area contributed by atoms with Crippen molar-refractivity contribution in [2.45, 2.75) is 164 Å². The summed E-state index contributed by atoms with van der Waals surface area (Å²) in [7, 11) is 4.71. The molecule has 1 fully saturated rings. The highest BCUT2D eigenvalue weighted by Gasteiger charge is 2.14. The van der Waals surface area contributed by atoms with Gasteiger partial charge in [0.25, 0.3) is 0 Å². The van der Waals surface area contributed by atoms with Crippen LogP contribution in [0.25, 0.3) is 0 Å². The lowest BCUT2D eigenvalue weighted by Crippen LogP contribution is -2.39. The number of nitrogens with one attached hydrogen (secondary N) is 9. The molecule has 0 bridgehead atoms. The molecule has 1 aliphatic rings. The van der Waals surface area contributed by atoms with E-state index in [0.717, 1.165) is 85.2 Å². The summed E-state index contributed by atoms with van der Waals surface area (Å²) in [5, 5.41) is 9.82. The molecule has 4 rings (SSSR count). The molecule has 0 atom stereocenters. The number of carbonyl (C=O) groups excluding carboxylic acids is 3. The second-order valence-electron chi connectivity index (χ2n) is 16.7. The van der Waals surface area contributed by atoms with E-state index in [1.165, 1.54) is 147 Å². The zero-order chi connectivity index (χ0) is 55.5. The summed E-state index contributed by atoms with van der Waals surface area (Å²) in [5.41, 5.74) is 17.7. The number of hydrogen-bond acceptors (Lipinski definition) is 26. The van der Waals surface area contributed by atoms with Crippen LogP contribution in [0.2, 0.25) is 0 Å². The first kappa shape index (κ1) is 69.7. The van der Waals surface area contributed by atoms with E-state index >= 15 is 0 Å². The Hall–Kier alpha value is -3.38. The van der Waals surface area contributed by atoms with E-state index in [-0.39, 0.29) is 12.1 Å². The Labute approximate surface area is 480 Å². The van der Waals surface area contributed by atoms with E-state index in [4.69, 9.17) is 32.6 Å². The van der Waals surface area contributed by atoms with Crippen LogP contribution in [0.4, 0.5) is 29.8 Å². The lowest BCUT2D eigenvalue weighted by atomic mass is 10.1. The molecular formula is C45H86N16O10S6. The standard InChI is InChI=1S/C21H41N5O3S2.C16H31N5O3S2.C8H14N6O4S2/c1-3-4-5-6-7-8-9-10-11-12-15-29-16-13-14-22-19(27)24-25-20-23-21(26-31-20)30-18-17-28-2;1-3-4-5-6-7-8-9-10-11-12-13-24-20-14(22)18-19-15-17-16(21-25-15)26-23-2;1-9-6(15)11-12-7-10-8(13-19-7)20-18-17-14-2-4-16-5-3-14/h3-18H2,1-2H3,(H2,22,24,27)(H,23,25,26);3-13H2,1-2H3,(H,17,19,21)(H2,18,20,22);2-5H2,1H3,(H2,9,11,15)(H,10,12,13). The lowest BCUT2D eigenvalue weighted by molar-refractivity contribution is -0.370. The Morgan fingerprint density at radius 3 is 1.61 bits per heavy atom. The number of unbranched alkanes of at least 4 members (excludes halogenated alkanes) is 18. The molecule has 442 valence electrons. The highest BCUT2D eigenvalue weighted by atomic mass is 32.2. The quantitative estimate of drug-likeness (QED) is 0.00837. The summed E-state index contributed by atoms with van der Waals surface area (Å²) in [4.78, 5) is 56.9. The zero-order valence-corrected chi connectivity index (χ0v) is 50.5. The molecule has 6 amide bonds. The molecule has 1 aliphatic heterocycles. The topological polar surface area (TPSA) is 305 Å². The third-order valence-electron chi connectivity index (χ3n) is 10.3. The molecule has 32 heteroatoms. The van der Waals surface area contributed by atoms with Gasteiger partial charge in [0.1, 0.15) is 12.0 Å². The van der Waals surface area contributed by atoms with Crippen molar-refractivity contribution < 1.29 is 46.9 Å². The maximum atomic E-state index is 11.8. The van der Waals surface area contributed by atoms with Gasteiger partial charge in [-0.1, -0.05) is 141 Å². The maximum Gasteiger partial charge on any atom is 0.357 e. The molecule has 0 unspecified atom stereocenters. The minimum atomic E-state index is -0.478. The molecule has 3 aromatic heterocycles. The minimum absolute atomic E-state index is 0.293. The highest BCUT2D eigenvalue weighted by Crippen LogP contribution is 2.22. The third kappa shape index (κ3) is 41.3. The Bertz CT molecular complexity index is 1860. The smallest absolute Gasteiger partial charge is 0.357 e. The fourth-order valence-electron chi connectivity index (χ4n) is 6.32. The van der Waals surface area contributed by atoms with Crippen molar-refractivity contribution in [1.82, 2.24) is 65.5 Å². The Kier molecular flexibility index (Phi) is 46.0. The first-order valence-corrected chi connectivity index (χ1v) is 31.3. The molecule has 9 N–H and O–H groups in total. The number of hydrogen-bond donors (Lipinski definition) is 9. The maximum absolute atomic E-state index is 11.8. The number of aromatic nitrogens is 6. The summed E-state index contributed by atoms with van der Waals surface area (Å²) in [5.74, 6) is 0.794. The number of carbonyl (C=O) groups is 3. The fraction of sp³-hybridized carbons (Fsp3) is 0.800. The number of rotatable bonds is 43. The van der Waals surface area contributed by atoms with Crippen LogP contribution in [0.3, 0.4) is 0 Å². The van der Waals surface area contributed by atoms with Crippen LogP contribution >= 0.6 is 70.4 Å². The van der Waals surface area contributed by atoms with Crippen molar-refractivity contribution in [1.29, 1.82) is 0 Å². The van der Waals surface area contributed by atoms with Crippen LogP contribution in [-0.2, 0) is 32.6 Å². The molecule has 26 nitrogen and oxygen atoms in total. The lowest BCUT2D eigenvalue weighted by Gasteiger charge is -2.23. The number of morpholine rings is 1. The Morgan fingerprint density at radius 2 is 1.06 bits per heavy atom. The molecule has 0 aromatic carbocycles. The van der Waals surface area contributed by atoms with Crippen molar-refractivity contribution in [2.24, 2.45) is 0 Å². The third-order valence-corrected chi connectivity index (χ3v) is 14.4. The van der Waals surface area contributed by atoms with E-state index in [1.54, 1.807) is 12.2 Å². The van der Waals surface area contributed by atoms with Crippen molar-refractivity contribution in [2.75, 3.05) is 103 Å². The van der Waals surface area contributed by atoms with Crippen LogP contribution in [0.5, 0.6) is 0 Å². The van der Waals surface area contributed by atoms with Gasteiger partial charge in [-0.25, -0.2) is 36.1 Å². The van der Waals surface area contributed by atoms with Gasteiger partial charge < -0.3 is 29.0 Å². The van der Waals surface area contributed by atoms with Crippen LogP contribution in [0.1, 0.15) is 149 Å². The van der Waals surface area contributed by atoms with Gasteiger partial charge in [-0.3, -0.25) is 21.1 Å². The van der Waals surface area contributed by atoms with E-state index in [0.29, 0.717) is 83.5 Å². The number of amides is 6. The van der Waals surface area contributed by atoms with E-state index in [2.05, 4.69) is 90.6 Å². The predicted molar refractivity (Wildman–Crippen MR) is 307 cm³/mol. The molecular weight excluding hydrogens is 1120 g/mol. The first-order chi connectivity index (χ1) is 37.8. The summed E-state index contributed by atoms with van der Waals surface area (Å²) in [6.07, 6.45) is 26.8. The van der Waals surface area contributed by atoms with Crippen molar-refractivity contribution >= 4 is 104 Å². The Balaban J connectivity index is 0.000000404. The molecule has 4 heterocycles. The fourth-order valence-corrected chi connectivity index (χ4v) is 9.74. The molecule has 0 spiro atoms. The summed E-state index contributed by atoms with van der Waals surface area (Å²) in [6.45, 7) is 10.2. The number of urea groups is 3. The first-order valence-electron chi connectivity index (χ1n) is 26.5. The number of thioether (sulfide) groups is 1. The monoisotopic (exact) mass is 1200 g/mol. The number of anilines is 3. The van der Waals surface area contributed by atoms with Crippen molar-refractivity contribution in [3.05, 3.63) is 0 Å². The second-order valence-corrected chi connectivity index (χ2v) is 21.6. The number of methoxy groups -OCH3 is 1. The number of hydrazine groups is 3. The average molecular weight is 1200 g/mol. The van der Waals surface area contributed by atoms with Gasteiger partial charge >= 0.3 is 18.1 Å². The van der Waals surface area contributed by atoms with Crippen LogP contribution in [-0.4, -0.2) is 138 Å². The zero-order valence-electron chi connectivity index (χ0n) is 45.6. The molecule has 77 heavy (non-hydrogen) atoms. The molecule has 3 aromatic rings. The van der Waals surface area contributed by atoms with Gasteiger partial charge in [0.2, 0.25) is 30.9 Å². The second kappa shape index (κ2) is 50.8. The van der Waals surface area contributed by atoms with Gasteiger partial charge in [-0.15, -0.1) is 9.32 Å². The van der Waals surface area contributed by atoms with Crippen LogP contribution in [0, 0.1) is 0 Å². The van der Waals surface area contributed by atoms with Gasteiger partial charge in [0.05, 0.1) is 58.7 Å². The highest BCUT2D eigenvalue weighted by molar-refractivity contribution is 7.99. The summed E-state index contributed by atoms with van der Waals surface area (Å²) in [6, 6.07) is -1.15. The van der Waals surface area contributed by atoms with Gasteiger partial charge in [-0.05, 0) is 19.3 Å². The van der Waals surface area contributed by atoms with E-state index in [9.17, 15) is 14.4 Å². The minimum Gasteiger partial charge on any atom is -0.384 e. The largest absolute Gasteiger partial charge is 0.384 e. The Morgan fingerprint density at radius 1 is 0.584 bits per heavy atom. The van der Waals surface area contributed by atoms with Crippen molar-refractivity contribution in [3.63, 3.8) is 0 Å². The molecule has 0 aliphatic carbocycles. The van der Waals surface area contributed by atoms with E-state index < -0.39 is 6.03 Å². The number of nitrogens with zero attached hydrogens (tertiary/aromatic N) is 7. The van der Waals surface area contributed by atoms with E-state index in [1.807, 2.05) is 0 Å². The van der Waals surface area contributed by atoms with Crippen LogP contribution < -0.4 is 48.7 Å². The summed E-state index contributed by atoms with van der Waals surface area (Å²) < 4.78 is 37.8. The number of hydroxylamine groups is 3. The predicted octanol–water partition coefficient (Wildman–Crippen LogP) is 9.90. The average Bonchev–Trinajstić information content (AvgIpc) is 4.23. The van der Waals surface area contributed by atoms with Crippen LogP contribution in [0.15, 0.2) is 15.5 Å². The number of ether oxygens (including phenoxy) is 3.